The van der Waals surface area contributed by atoms with Crippen molar-refractivity contribution in [3.8, 4) is 0 Å². The lowest BCUT2D eigenvalue weighted by atomic mass is 10.4. The Bertz CT molecular complexity index is 855. The van der Waals surface area contributed by atoms with Gasteiger partial charge >= 0.3 is 0 Å². The number of nitrogens with one attached hydrogen (secondary N) is 1. The number of guanidine groups is 1. The zero-order valence-electron chi connectivity index (χ0n) is 15.5. The van der Waals surface area contributed by atoms with Crippen molar-refractivity contribution < 1.29 is 12.9 Å². The van der Waals surface area contributed by atoms with Crippen LogP contribution in [0, 0.1) is 6.92 Å². The molecule has 27 heavy (non-hydrogen) atoms. The maximum Gasteiger partial charge on any atom is 0.220 e. The highest BCUT2D eigenvalue weighted by atomic mass is 32.2. The Kier molecular flexibility index (Phi) is 6.45. The molecule has 0 unspecified atom stereocenters. The van der Waals surface area contributed by atoms with Crippen molar-refractivity contribution in [2.24, 2.45) is 4.99 Å². The van der Waals surface area contributed by atoms with Crippen molar-refractivity contribution in [2.45, 2.75) is 26.1 Å². The third-order valence-electron chi connectivity index (χ3n) is 4.31. The van der Waals surface area contributed by atoms with Crippen molar-refractivity contribution in [3.63, 3.8) is 0 Å². The summed E-state index contributed by atoms with van der Waals surface area (Å²) >= 11 is 1.60. The molecular weight excluding hydrogens is 388 g/mol. The van der Waals surface area contributed by atoms with Gasteiger partial charge in [-0.1, -0.05) is 5.16 Å². The Morgan fingerprint density at radius 2 is 2.15 bits per heavy atom. The first-order chi connectivity index (χ1) is 13.0. The summed E-state index contributed by atoms with van der Waals surface area (Å²) in [6, 6.07) is 1.57. The highest BCUT2D eigenvalue weighted by Crippen LogP contribution is 2.15. The van der Waals surface area contributed by atoms with Gasteiger partial charge in [-0.2, -0.15) is 4.31 Å². The molecule has 1 N–H and O–H groups in total. The van der Waals surface area contributed by atoms with Crippen LogP contribution in [-0.2, 0) is 22.3 Å². The van der Waals surface area contributed by atoms with Gasteiger partial charge in [0.15, 0.2) is 5.96 Å². The van der Waals surface area contributed by atoms with Crippen molar-refractivity contribution in [3.05, 3.63) is 34.1 Å². The van der Waals surface area contributed by atoms with E-state index in [1.165, 1.54) is 10.6 Å². The molecule has 1 aliphatic heterocycles. The Morgan fingerprint density at radius 3 is 2.74 bits per heavy atom. The molecule has 0 amide bonds. The van der Waals surface area contributed by atoms with Gasteiger partial charge in [0.05, 0.1) is 23.4 Å². The average Bonchev–Trinajstić information content (AvgIpc) is 3.30. The molecule has 0 spiro atoms. The molecule has 0 bridgehead atoms. The third kappa shape index (κ3) is 5.05. The summed E-state index contributed by atoms with van der Waals surface area (Å²) in [5.74, 6) is 0.668. The van der Waals surface area contributed by atoms with Gasteiger partial charge in [0, 0.05) is 43.7 Å². The normalized spacial score (nSPS) is 16.7. The van der Waals surface area contributed by atoms with E-state index in [-0.39, 0.29) is 5.75 Å². The first-order valence-electron chi connectivity index (χ1n) is 8.79. The molecule has 0 saturated carbocycles. The highest BCUT2D eigenvalue weighted by Gasteiger charge is 2.29. The van der Waals surface area contributed by atoms with Crippen LogP contribution < -0.4 is 5.32 Å². The van der Waals surface area contributed by atoms with E-state index < -0.39 is 10.0 Å². The topological polar surface area (TPSA) is 104 Å². The van der Waals surface area contributed by atoms with E-state index in [9.17, 15) is 8.42 Å². The van der Waals surface area contributed by atoms with Crippen LogP contribution in [0.25, 0.3) is 0 Å². The van der Waals surface area contributed by atoms with Gasteiger partial charge < -0.3 is 14.7 Å². The number of aryl methyl sites for hydroxylation is 1. The Balaban J connectivity index is 1.61. The van der Waals surface area contributed by atoms with Gasteiger partial charge in [-0.15, -0.1) is 11.3 Å². The zero-order valence-corrected chi connectivity index (χ0v) is 17.1. The zero-order chi connectivity index (χ0) is 19.3. The van der Waals surface area contributed by atoms with E-state index >= 15 is 0 Å². The Labute approximate surface area is 163 Å². The van der Waals surface area contributed by atoms with E-state index in [4.69, 9.17) is 9.52 Å². The first kappa shape index (κ1) is 19.8. The van der Waals surface area contributed by atoms with E-state index in [1.54, 1.807) is 17.4 Å². The van der Waals surface area contributed by atoms with E-state index in [0.29, 0.717) is 38.4 Å². The van der Waals surface area contributed by atoms with Gasteiger partial charge in [-0.05, 0) is 13.8 Å². The molecule has 11 heteroatoms. The third-order valence-corrected chi connectivity index (χ3v) is 7.04. The molecule has 1 fully saturated rings. The second kappa shape index (κ2) is 8.81. The average molecular weight is 413 g/mol. The van der Waals surface area contributed by atoms with Crippen LogP contribution in [0.5, 0.6) is 0 Å². The quantitative estimate of drug-likeness (QED) is 0.559. The molecule has 148 valence electrons. The second-order valence-corrected chi connectivity index (χ2v) is 9.07. The van der Waals surface area contributed by atoms with Crippen LogP contribution in [0.4, 0.5) is 0 Å². The minimum Gasteiger partial charge on any atom is -0.364 e. The predicted octanol–water partition coefficient (Wildman–Crippen LogP) is 1.05. The number of hydrogen-bond donors (Lipinski definition) is 1. The maximum atomic E-state index is 12.5. The summed E-state index contributed by atoms with van der Waals surface area (Å²) in [7, 11) is -3.40. The van der Waals surface area contributed by atoms with Crippen molar-refractivity contribution >= 4 is 27.3 Å². The Hall–Kier alpha value is -1.98. The van der Waals surface area contributed by atoms with E-state index in [0.717, 1.165) is 23.1 Å². The standard InChI is InChI=1S/C16H24N6O3S2/c1-3-17-16(18-10-15-13(2)19-12-26-15)21-5-7-22(8-6-21)27(23,24)11-14-4-9-25-20-14/h4,9,12H,3,5-8,10-11H2,1-2H3,(H,17,18). The van der Waals surface area contributed by atoms with Gasteiger partial charge in [0.25, 0.3) is 0 Å². The molecular formula is C16H24N6O3S2. The minimum absolute atomic E-state index is 0.137. The number of rotatable bonds is 6. The number of nitrogens with zero attached hydrogens (tertiary/aromatic N) is 5. The van der Waals surface area contributed by atoms with Crippen molar-refractivity contribution in [1.82, 2.24) is 24.7 Å². The van der Waals surface area contributed by atoms with Gasteiger partial charge in [-0.3, -0.25) is 0 Å². The predicted molar refractivity (Wildman–Crippen MR) is 104 cm³/mol. The van der Waals surface area contributed by atoms with Crippen LogP contribution in [0.2, 0.25) is 0 Å². The lowest BCUT2D eigenvalue weighted by molar-refractivity contribution is 0.259. The van der Waals surface area contributed by atoms with Crippen LogP contribution in [-0.4, -0.2) is 66.4 Å². The summed E-state index contributed by atoms with van der Waals surface area (Å²) in [5.41, 5.74) is 3.25. The highest BCUT2D eigenvalue weighted by molar-refractivity contribution is 7.88. The van der Waals surface area contributed by atoms with Crippen molar-refractivity contribution in [1.29, 1.82) is 0 Å². The number of thiazole rings is 1. The van der Waals surface area contributed by atoms with Gasteiger partial charge in [0.2, 0.25) is 10.0 Å². The molecule has 3 rings (SSSR count). The fourth-order valence-electron chi connectivity index (χ4n) is 2.82. The second-order valence-electron chi connectivity index (χ2n) is 6.16. The molecule has 0 atom stereocenters. The maximum absolute atomic E-state index is 12.5. The number of piperazine rings is 1. The molecule has 3 heterocycles. The summed E-state index contributed by atoms with van der Waals surface area (Å²) in [4.78, 5) is 12.2. The number of aliphatic imine (C=N–C) groups is 1. The molecule has 0 aliphatic carbocycles. The van der Waals surface area contributed by atoms with Gasteiger partial charge in [-0.25, -0.2) is 18.4 Å². The van der Waals surface area contributed by atoms with Crippen LogP contribution in [0.3, 0.4) is 0 Å². The Morgan fingerprint density at radius 1 is 1.37 bits per heavy atom. The first-order valence-corrected chi connectivity index (χ1v) is 11.3. The van der Waals surface area contributed by atoms with E-state index in [1.807, 2.05) is 19.4 Å². The molecule has 9 nitrogen and oxygen atoms in total. The van der Waals surface area contributed by atoms with Crippen LogP contribution >= 0.6 is 11.3 Å². The molecule has 0 aromatic carbocycles. The molecule has 0 radical (unpaired) electrons. The van der Waals surface area contributed by atoms with Crippen LogP contribution in [0.15, 0.2) is 27.4 Å². The summed E-state index contributed by atoms with van der Waals surface area (Å²) in [6.45, 7) is 7.35. The fraction of sp³-hybridized carbons (Fsp3) is 0.562. The number of aromatic nitrogens is 2. The molecule has 2 aromatic rings. The van der Waals surface area contributed by atoms with Crippen molar-refractivity contribution in [2.75, 3.05) is 32.7 Å². The minimum atomic E-state index is -3.40. The number of sulfonamides is 1. The fourth-order valence-corrected chi connectivity index (χ4v) is 4.94. The lowest BCUT2D eigenvalue weighted by Gasteiger charge is -2.35. The smallest absolute Gasteiger partial charge is 0.220 e. The molecule has 1 aliphatic rings. The van der Waals surface area contributed by atoms with Gasteiger partial charge in [0.1, 0.15) is 12.0 Å². The van der Waals surface area contributed by atoms with Crippen LogP contribution in [0.1, 0.15) is 23.2 Å². The largest absolute Gasteiger partial charge is 0.364 e. The molecule has 2 aromatic heterocycles. The van der Waals surface area contributed by atoms with E-state index in [2.05, 4.69) is 20.4 Å². The lowest BCUT2D eigenvalue weighted by Crippen LogP contribution is -2.53. The molecule has 1 saturated heterocycles. The SMILES string of the molecule is CCNC(=NCc1scnc1C)N1CCN(S(=O)(=O)Cc2ccon2)CC1. The summed E-state index contributed by atoms with van der Waals surface area (Å²) in [6.07, 6.45) is 1.38. The monoisotopic (exact) mass is 412 g/mol. The summed E-state index contributed by atoms with van der Waals surface area (Å²) in [5, 5.41) is 6.99. The number of hydrogen-bond acceptors (Lipinski definition) is 7. The summed E-state index contributed by atoms with van der Waals surface area (Å²) < 4.78 is 31.3.